The summed E-state index contributed by atoms with van der Waals surface area (Å²) in [6.07, 6.45) is 0. The van der Waals surface area contributed by atoms with Crippen LogP contribution in [0.2, 0.25) is 5.02 Å². The van der Waals surface area contributed by atoms with Gasteiger partial charge in [-0.25, -0.2) is 14.3 Å². The number of benzene rings is 1. The molecule has 0 fully saturated rings. The number of hydrogen-bond acceptors (Lipinski definition) is 6. The summed E-state index contributed by atoms with van der Waals surface area (Å²) in [5.74, 6) is 0.334. The Morgan fingerprint density at radius 2 is 2.04 bits per heavy atom. The molecule has 0 aliphatic heterocycles. The van der Waals surface area contributed by atoms with Crippen molar-refractivity contribution in [2.45, 2.75) is 13.8 Å². The lowest BCUT2D eigenvalue weighted by atomic mass is 10.3. The first-order chi connectivity index (χ1) is 11.5. The molecule has 0 spiro atoms. The smallest absolute Gasteiger partial charge is 0.378 e. The van der Waals surface area contributed by atoms with Crippen molar-refractivity contribution in [2.75, 3.05) is 13.2 Å². The molecule has 24 heavy (non-hydrogen) atoms. The lowest BCUT2D eigenvalue weighted by molar-refractivity contribution is 0.0436. The summed E-state index contributed by atoms with van der Waals surface area (Å²) < 4.78 is 12.1. The van der Waals surface area contributed by atoms with Crippen molar-refractivity contribution in [3.63, 3.8) is 0 Å². The van der Waals surface area contributed by atoms with E-state index in [1.54, 1.807) is 24.3 Å². The molecule has 0 aliphatic rings. The quantitative estimate of drug-likeness (QED) is 0.522. The highest BCUT2D eigenvalue weighted by atomic mass is 35.5. The third-order valence-electron chi connectivity index (χ3n) is 3.18. The Hall–Kier alpha value is -2.67. The number of rotatable bonds is 5. The normalized spacial score (nSPS) is 10.8. The number of fused-ring (bicyclic) bond motifs is 1. The van der Waals surface area contributed by atoms with Crippen molar-refractivity contribution in [3.05, 3.63) is 52.6 Å². The van der Waals surface area contributed by atoms with Crippen molar-refractivity contribution < 1.29 is 14.3 Å². The van der Waals surface area contributed by atoms with Crippen LogP contribution in [0, 0.1) is 13.8 Å². The lowest BCUT2D eigenvalue weighted by Gasteiger charge is -2.06. The molecule has 0 N–H and O–H groups in total. The van der Waals surface area contributed by atoms with Gasteiger partial charge in [-0.1, -0.05) is 17.7 Å². The van der Waals surface area contributed by atoms with Crippen LogP contribution in [-0.4, -0.2) is 38.8 Å². The standard InChI is InChI=1S/C16H15ClN4O3/c1-10-8-11(2)21-16(18-10)19-14(20-21)15(22)24-7-6-23-13-5-3-4-12(17)9-13/h3-5,8-9H,6-7H2,1-2H3. The Morgan fingerprint density at radius 1 is 1.21 bits per heavy atom. The molecule has 3 aromatic rings. The summed E-state index contributed by atoms with van der Waals surface area (Å²) in [7, 11) is 0. The maximum atomic E-state index is 12.0. The minimum atomic E-state index is -0.618. The third-order valence-corrected chi connectivity index (χ3v) is 3.42. The van der Waals surface area contributed by atoms with Crippen LogP contribution in [0.15, 0.2) is 30.3 Å². The second-order valence-electron chi connectivity index (χ2n) is 5.13. The highest BCUT2D eigenvalue weighted by molar-refractivity contribution is 6.30. The van der Waals surface area contributed by atoms with Gasteiger partial charge in [0.25, 0.3) is 11.6 Å². The predicted octanol–water partition coefficient (Wildman–Crippen LogP) is 2.63. The van der Waals surface area contributed by atoms with Crippen LogP contribution in [0.3, 0.4) is 0 Å². The van der Waals surface area contributed by atoms with Gasteiger partial charge in [0.05, 0.1) is 0 Å². The van der Waals surface area contributed by atoms with Gasteiger partial charge in [-0.3, -0.25) is 0 Å². The summed E-state index contributed by atoms with van der Waals surface area (Å²) in [5, 5.41) is 4.69. The number of carbonyl (C=O) groups excluding carboxylic acids is 1. The number of carbonyl (C=O) groups is 1. The first kappa shape index (κ1) is 16.2. The number of ether oxygens (including phenoxy) is 2. The molecule has 1 aromatic carbocycles. The summed E-state index contributed by atoms with van der Waals surface area (Å²) in [4.78, 5) is 20.3. The Kier molecular flexibility index (Phi) is 4.61. The number of aryl methyl sites for hydroxylation is 2. The van der Waals surface area contributed by atoms with Crippen LogP contribution < -0.4 is 4.74 Å². The summed E-state index contributed by atoms with van der Waals surface area (Å²) in [5.41, 5.74) is 1.65. The fourth-order valence-electron chi connectivity index (χ4n) is 2.17. The highest BCUT2D eigenvalue weighted by Crippen LogP contribution is 2.16. The molecular formula is C16H15ClN4O3. The molecule has 0 radical (unpaired) electrons. The van der Waals surface area contributed by atoms with E-state index in [0.717, 1.165) is 11.4 Å². The van der Waals surface area contributed by atoms with E-state index >= 15 is 0 Å². The monoisotopic (exact) mass is 346 g/mol. The van der Waals surface area contributed by atoms with Gasteiger partial charge in [0.2, 0.25) is 0 Å². The van der Waals surface area contributed by atoms with Crippen LogP contribution >= 0.6 is 11.6 Å². The molecule has 2 aromatic heterocycles. The SMILES string of the molecule is Cc1cc(C)n2nc(C(=O)OCCOc3cccc(Cl)c3)nc2n1. The van der Waals surface area contributed by atoms with Gasteiger partial charge >= 0.3 is 5.97 Å². The van der Waals surface area contributed by atoms with Gasteiger partial charge < -0.3 is 9.47 Å². The van der Waals surface area contributed by atoms with Crippen LogP contribution in [0.25, 0.3) is 5.78 Å². The second kappa shape index (κ2) is 6.84. The predicted molar refractivity (Wildman–Crippen MR) is 87.5 cm³/mol. The van der Waals surface area contributed by atoms with Gasteiger partial charge in [-0.05, 0) is 38.1 Å². The Labute approximate surface area is 143 Å². The molecule has 0 amide bonds. The molecule has 8 heteroatoms. The average molecular weight is 347 g/mol. The minimum absolute atomic E-state index is 0.0287. The fourth-order valence-corrected chi connectivity index (χ4v) is 2.35. The maximum absolute atomic E-state index is 12.0. The lowest BCUT2D eigenvalue weighted by Crippen LogP contribution is -2.13. The molecule has 124 valence electrons. The van der Waals surface area contributed by atoms with Gasteiger partial charge in [0.15, 0.2) is 0 Å². The largest absolute Gasteiger partial charge is 0.490 e. The van der Waals surface area contributed by atoms with E-state index in [1.807, 2.05) is 19.9 Å². The zero-order valence-corrected chi connectivity index (χ0v) is 13.9. The molecule has 7 nitrogen and oxygen atoms in total. The first-order valence-corrected chi connectivity index (χ1v) is 7.67. The molecule has 3 rings (SSSR count). The minimum Gasteiger partial charge on any atom is -0.490 e. The fraction of sp³-hybridized carbons (Fsp3) is 0.250. The number of hydrogen-bond donors (Lipinski definition) is 0. The van der Waals surface area contributed by atoms with Gasteiger partial charge in [-0.15, -0.1) is 5.10 Å². The number of nitrogens with zero attached hydrogens (tertiary/aromatic N) is 4. The zero-order chi connectivity index (χ0) is 17.1. The van der Waals surface area contributed by atoms with Crippen molar-refractivity contribution >= 4 is 23.3 Å². The Balaban J connectivity index is 1.58. The third kappa shape index (κ3) is 3.62. The molecule has 0 unspecified atom stereocenters. The summed E-state index contributed by atoms with van der Waals surface area (Å²) in [6.45, 7) is 4.00. The second-order valence-corrected chi connectivity index (χ2v) is 5.56. The molecule has 0 saturated heterocycles. The van der Waals surface area contributed by atoms with Gasteiger partial charge in [-0.2, -0.15) is 4.98 Å². The molecular weight excluding hydrogens is 332 g/mol. The molecule has 0 aliphatic carbocycles. The topological polar surface area (TPSA) is 78.6 Å². The Bertz CT molecular complexity index is 894. The maximum Gasteiger partial charge on any atom is 0.378 e. The van der Waals surface area contributed by atoms with Gasteiger partial charge in [0.1, 0.15) is 19.0 Å². The van der Waals surface area contributed by atoms with Gasteiger partial charge in [0, 0.05) is 16.4 Å². The van der Waals surface area contributed by atoms with Crippen molar-refractivity contribution in [1.82, 2.24) is 19.6 Å². The van der Waals surface area contributed by atoms with Crippen molar-refractivity contribution in [2.24, 2.45) is 0 Å². The first-order valence-electron chi connectivity index (χ1n) is 7.29. The van der Waals surface area contributed by atoms with Crippen LogP contribution in [0.4, 0.5) is 0 Å². The number of esters is 1. The van der Waals surface area contributed by atoms with E-state index in [9.17, 15) is 4.79 Å². The summed E-state index contributed by atoms with van der Waals surface area (Å²) in [6, 6.07) is 8.84. The average Bonchev–Trinajstić information content (AvgIpc) is 2.96. The van der Waals surface area contributed by atoms with Crippen LogP contribution in [-0.2, 0) is 4.74 Å². The molecule has 0 bridgehead atoms. The van der Waals surface area contributed by atoms with Crippen molar-refractivity contribution in [1.29, 1.82) is 0 Å². The summed E-state index contributed by atoms with van der Waals surface area (Å²) >= 11 is 5.86. The number of aromatic nitrogens is 4. The molecule has 0 atom stereocenters. The van der Waals surface area contributed by atoms with Crippen LogP contribution in [0.1, 0.15) is 22.0 Å². The Morgan fingerprint density at radius 3 is 2.83 bits per heavy atom. The van der Waals surface area contributed by atoms with E-state index in [-0.39, 0.29) is 19.0 Å². The highest BCUT2D eigenvalue weighted by Gasteiger charge is 2.16. The van der Waals surface area contributed by atoms with E-state index in [1.165, 1.54) is 4.52 Å². The van der Waals surface area contributed by atoms with E-state index in [0.29, 0.717) is 16.5 Å². The number of halogens is 1. The van der Waals surface area contributed by atoms with E-state index in [2.05, 4.69) is 15.1 Å². The van der Waals surface area contributed by atoms with Crippen molar-refractivity contribution in [3.8, 4) is 5.75 Å². The molecule has 2 heterocycles. The van der Waals surface area contributed by atoms with E-state index in [4.69, 9.17) is 21.1 Å². The zero-order valence-electron chi connectivity index (χ0n) is 13.2. The van der Waals surface area contributed by atoms with E-state index < -0.39 is 5.97 Å². The molecule has 0 saturated carbocycles. The van der Waals surface area contributed by atoms with Crippen LogP contribution in [0.5, 0.6) is 5.75 Å².